The van der Waals surface area contributed by atoms with E-state index in [9.17, 15) is 19.7 Å². The van der Waals surface area contributed by atoms with Crippen LogP contribution in [0.25, 0.3) is 0 Å². The third-order valence-electron chi connectivity index (χ3n) is 5.50. The molecule has 8 nitrogen and oxygen atoms in total. The fraction of sp³-hybridized carbons (Fsp3) is 0.364. The van der Waals surface area contributed by atoms with Gasteiger partial charge in [0, 0.05) is 18.5 Å². The predicted molar refractivity (Wildman–Crippen MR) is 114 cm³/mol. The summed E-state index contributed by atoms with van der Waals surface area (Å²) in [7, 11) is 0. The molecule has 0 spiro atoms. The lowest BCUT2D eigenvalue weighted by Crippen LogP contribution is -2.48. The third-order valence-corrected chi connectivity index (χ3v) is 5.50. The van der Waals surface area contributed by atoms with Crippen molar-refractivity contribution in [2.75, 3.05) is 18.4 Å². The van der Waals surface area contributed by atoms with E-state index in [1.807, 2.05) is 35.2 Å². The Morgan fingerprint density at radius 2 is 1.73 bits per heavy atom. The van der Waals surface area contributed by atoms with Gasteiger partial charge in [-0.25, -0.2) is 0 Å². The van der Waals surface area contributed by atoms with Gasteiger partial charge in [0.25, 0.3) is 5.69 Å². The highest BCUT2D eigenvalue weighted by Crippen LogP contribution is 2.24. The van der Waals surface area contributed by atoms with Crippen molar-refractivity contribution in [3.63, 3.8) is 0 Å². The molecule has 2 amide bonds. The molecule has 0 radical (unpaired) electrons. The zero-order chi connectivity index (χ0) is 21.5. The zero-order valence-corrected chi connectivity index (χ0v) is 16.9. The zero-order valence-electron chi connectivity index (χ0n) is 16.9. The maximum Gasteiger partial charge on any atom is 0.292 e. The molecule has 0 bridgehead atoms. The minimum Gasteiger partial charge on any atom is -0.352 e. The molecule has 2 N–H and O–H groups in total. The fourth-order valence-electron chi connectivity index (χ4n) is 3.62. The van der Waals surface area contributed by atoms with Crippen LogP contribution in [0.15, 0.2) is 54.6 Å². The molecule has 1 atom stereocenters. The quantitative estimate of drug-likeness (QED) is 0.539. The van der Waals surface area contributed by atoms with Crippen LogP contribution >= 0.6 is 0 Å². The second-order valence-corrected chi connectivity index (χ2v) is 7.45. The smallest absolute Gasteiger partial charge is 0.292 e. The molecular weight excluding hydrogens is 384 g/mol. The summed E-state index contributed by atoms with van der Waals surface area (Å²) in [4.78, 5) is 37.7. The van der Waals surface area contributed by atoms with Crippen molar-refractivity contribution in [1.29, 1.82) is 0 Å². The Bertz CT molecular complexity index is 895. The van der Waals surface area contributed by atoms with Crippen LogP contribution in [0.2, 0.25) is 0 Å². The van der Waals surface area contributed by atoms with Gasteiger partial charge in [0.1, 0.15) is 5.69 Å². The average molecular weight is 410 g/mol. The van der Waals surface area contributed by atoms with Crippen LogP contribution in [0.1, 0.15) is 25.3 Å². The maximum atomic E-state index is 12.6. The number of nitro benzene ring substituents is 1. The number of nitrogens with zero attached hydrogens (tertiary/aromatic N) is 2. The van der Waals surface area contributed by atoms with E-state index >= 15 is 0 Å². The number of carbonyl (C=O) groups excluding carboxylic acids is 2. The molecule has 2 aromatic carbocycles. The van der Waals surface area contributed by atoms with Crippen molar-refractivity contribution in [2.24, 2.45) is 5.92 Å². The second-order valence-electron chi connectivity index (χ2n) is 7.45. The fourth-order valence-corrected chi connectivity index (χ4v) is 3.62. The first-order valence-corrected chi connectivity index (χ1v) is 10.1. The van der Waals surface area contributed by atoms with Crippen molar-refractivity contribution in [3.8, 4) is 0 Å². The standard InChI is InChI=1S/C22H26N4O4/c1-16(21(27)24-19-9-5-6-10-20(19)26(29)30)25-13-11-18(12-14-25)22(28)23-15-17-7-3-2-4-8-17/h2-10,16,18H,11-15H2,1H3,(H,23,28)(H,24,27). The van der Waals surface area contributed by atoms with Crippen LogP contribution in [-0.2, 0) is 16.1 Å². The molecule has 1 aliphatic rings. The Labute approximate surface area is 175 Å². The van der Waals surface area contributed by atoms with Gasteiger partial charge in [0.2, 0.25) is 11.8 Å². The second kappa shape index (κ2) is 9.98. The van der Waals surface area contributed by atoms with Gasteiger partial charge in [-0.15, -0.1) is 0 Å². The number of carbonyl (C=O) groups is 2. The number of piperidine rings is 1. The number of nitrogens with one attached hydrogen (secondary N) is 2. The van der Waals surface area contributed by atoms with Gasteiger partial charge < -0.3 is 10.6 Å². The van der Waals surface area contributed by atoms with E-state index in [4.69, 9.17) is 0 Å². The molecular formula is C22H26N4O4. The SMILES string of the molecule is CC(C(=O)Nc1ccccc1[N+](=O)[O-])N1CCC(C(=O)NCc2ccccc2)CC1. The molecule has 30 heavy (non-hydrogen) atoms. The number of amides is 2. The van der Waals surface area contributed by atoms with Crippen molar-refractivity contribution in [1.82, 2.24) is 10.2 Å². The minimum absolute atomic E-state index is 0.0375. The normalized spacial score (nSPS) is 15.9. The Hall–Kier alpha value is -3.26. The molecule has 1 aliphatic heterocycles. The molecule has 158 valence electrons. The largest absolute Gasteiger partial charge is 0.352 e. The molecule has 1 unspecified atom stereocenters. The summed E-state index contributed by atoms with van der Waals surface area (Å²) >= 11 is 0. The van der Waals surface area contributed by atoms with Crippen LogP contribution in [0, 0.1) is 16.0 Å². The number of para-hydroxylation sites is 2. The van der Waals surface area contributed by atoms with Crippen LogP contribution in [0.3, 0.4) is 0 Å². The summed E-state index contributed by atoms with van der Waals surface area (Å²) in [6.07, 6.45) is 1.34. The van der Waals surface area contributed by atoms with Gasteiger partial charge in [-0.2, -0.15) is 0 Å². The molecule has 3 rings (SSSR count). The summed E-state index contributed by atoms with van der Waals surface area (Å²) in [6, 6.07) is 15.4. The van der Waals surface area contributed by atoms with Crippen LogP contribution in [0.5, 0.6) is 0 Å². The molecule has 2 aromatic rings. The van der Waals surface area contributed by atoms with E-state index < -0.39 is 11.0 Å². The number of hydrogen-bond acceptors (Lipinski definition) is 5. The molecule has 0 aromatic heterocycles. The van der Waals surface area contributed by atoms with E-state index in [-0.39, 0.29) is 29.1 Å². The number of nitro groups is 1. The van der Waals surface area contributed by atoms with E-state index in [1.165, 1.54) is 12.1 Å². The third kappa shape index (κ3) is 5.42. The minimum atomic E-state index is -0.514. The number of anilines is 1. The Kier molecular flexibility index (Phi) is 7.13. The lowest BCUT2D eigenvalue weighted by Gasteiger charge is -2.34. The van der Waals surface area contributed by atoms with Gasteiger partial charge in [0.15, 0.2) is 0 Å². The highest BCUT2D eigenvalue weighted by molar-refractivity contribution is 5.96. The predicted octanol–water partition coefficient (Wildman–Crippen LogP) is 2.95. The molecule has 1 saturated heterocycles. The Morgan fingerprint density at radius 1 is 1.10 bits per heavy atom. The van der Waals surface area contributed by atoms with Crippen LogP contribution in [0.4, 0.5) is 11.4 Å². The first kappa shape index (κ1) is 21.4. The van der Waals surface area contributed by atoms with Gasteiger partial charge >= 0.3 is 0 Å². The lowest BCUT2D eigenvalue weighted by molar-refractivity contribution is -0.383. The Balaban J connectivity index is 1.49. The first-order valence-electron chi connectivity index (χ1n) is 10.1. The summed E-state index contributed by atoms with van der Waals surface area (Å²) < 4.78 is 0. The van der Waals surface area contributed by atoms with E-state index in [2.05, 4.69) is 10.6 Å². The average Bonchev–Trinajstić information content (AvgIpc) is 2.78. The van der Waals surface area contributed by atoms with E-state index in [1.54, 1.807) is 19.1 Å². The summed E-state index contributed by atoms with van der Waals surface area (Å²) in [5.41, 5.74) is 1.12. The van der Waals surface area contributed by atoms with Crippen molar-refractivity contribution in [2.45, 2.75) is 32.4 Å². The number of likely N-dealkylation sites (tertiary alicyclic amines) is 1. The van der Waals surface area contributed by atoms with Crippen molar-refractivity contribution >= 4 is 23.2 Å². The van der Waals surface area contributed by atoms with Crippen LogP contribution in [-0.4, -0.2) is 40.8 Å². The van der Waals surface area contributed by atoms with Crippen molar-refractivity contribution in [3.05, 3.63) is 70.3 Å². The lowest BCUT2D eigenvalue weighted by atomic mass is 9.94. The van der Waals surface area contributed by atoms with E-state index in [0.29, 0.717) is 32.5 Å². The van der Waals surface area contributed by atoms with Crippen LogP contribution < -0.4 is 10.6 Å². The number of rotatable bonds is 7. The Morgan fingerprint density at radius 3 is 2.40 bits per heavy atom. The summed E-state index contributed by atoms with van der Waals surface area (Å²) in [6.45, 7) is 3.53. The molecule has 1 heterocycles. The monoisotopic (exact) mass is 410 g/mol. The van der Waals surface area contributed by atoms with Gasteiger partial charge in [0.05, 0.1) is 11.0 Å². The highest BCUT2D eigenvalue weighted by Gasteiger charge is 2.30. The number of benzene rings is 2. The van der Waals surface area contributed by atoms with E-state index in [0.717, 1.165) is 5.56 Å². The molecule has 8 heteroatoms. The maximum absolute atomic E-state index is 12.6. The molecule has 1 fully saturated rings. The topological polar surface area (TPSA) is 105 Å². The number of hydrogen-bond donors (Lipinski definition) is 2. The molecule has 0 aliphatic carbocycles. The van der Waals surface area contributed by atoms with Gasteiger partial charge in [-0.05, 0) is 44.5 Å². The molecule has 0 saturated carbocycles. The first-order chi connectivity index (χ1) is 14.5. The summed E-state index contributed by atoms with van der Waals surface area (Å²) in [5.74, 6) is -0.331. The van der Waals surface area contributed by atoms with Gasteiger partial charge in [-0.3, -0.25) is 24.6 Å². The highest BCUT2D eigenvalue weighted by atomic mass is 16.6. The summed E-state index contributed by atoms with van der Waals surface area (Å²) in [5, 5.41) is 16.8. The van der Waals surface area contributed by atoms with Crippen molar-refractivity contribution < 1.29 is 14.5 Å². The van der Waals surface area contributed by atoms with Gasteiger partial charge in [-0.1, -0.05) is 42.5 Å².